The minimum absolute atomic E-state index is 0.261. The van der Waals surface area contributed by atoms with E-state index in [0.717, 1.165) is 6.54 Å². The molecule has 0 saturated heterocycles. The summed E-state index contributed by atoms with van der Waals surface area (Å²) < 4.78 is 5.84. The Balaban J connectivity index is 2.18. The smallest absolute Gasteiger partial charge is 0.106 e. The van der Waals surface area contributed by atoms with Crippen molar-refractivity contribution in [2.24, 2.45) is 0 Å². The van der Waals surface area contributed by atoms with Gasteiger partial charge in [0.1, 0.15) is 6.10 Å². The van der Waals surface area contributed by atoms with Crippen molar-refractivity contribution in [3.05, 3.63) is 29.8 Å². The second-order valence-corrected chi connectivity index (χ2v) is 5.21. The third kappa shape index (κ3) is 1.84. The highest BCUT2D eigenvalue weighted by molar-refractivity contribution is 7.50. The molecular weight excluding hydrogens is 181 g/mol. The van der Waals surface area contributed by atoms with Crippen molar-refractivity contribution in [1.82, 2.24) is 0 Å². The van der Waals surface area contributed by atoms with Crippen LogP contribution in [-0.4, -0.2) is 19.9 Å². The van der Waals surface area contributed by atoms with Gasteiger partial charge in [-0.25, -0.2) is 0 Å². The van der Waals surface area contributed by atoms with Crippen LogP contribution in [0.25, 0.3) is 0 Å². The topological polar surface area (TPSA) is 21.3 Å². The van der Waals surface area contributed by atoms with E-state index in [1.165, 1.54) is 11.3 Å². The third-order valence-electron chi connectivity index (χ3n) is 2.12. The lowest BCUT2D eigenvalue weighted by molar-refractivity contribution is 0.258. The number of anilines is 1. The van der Waals surface area contributed by atoms with Crippen molar-refractivity contribution >= 4 is 13.8 Å². The Morgan fingerprint density at radius 1 is 1.38 bits per heavy atom. The molecular formula is C10H14NOP. The maximum Gasteiger partial charge on any atom is 0.106 e. The molecule has 1 aromatic rings. The normalized spacial score (nSPS) is 20.1. The molecule has 2 nitrogen and oxygen atoms in total. The van der Waals surface area contributed by atoms with Crippen LogP contribution < -0.4 is 5.32 Å². The average molecular weight is 195 g/mol. The molecule has 1 aliphatic rings. The zero-order valence-electron chi connectivity index (χ0n) is 7.95. The first-order valence-corrected chi connectivity index (χ1v) is 6.59. The lowest BCUT2D eigenvalue weighted by atomic mass is 10.1. The van der Waals surface area contributed by atoms with Crippen LogP contribution in [0.3, 0.4) is 0 Å². The molecule has 1 aliphatic heterocycles. The molecule has 0 bridgehead atoms. The molecule has 70 valence electrons. The first kappa shape index (κ1) is 8.98. The third-order valence-corrected chi connectivity index (χ3v) is 2.80. The quantitative estimate of drug-likeness (QED) is 0.732. The maximum absolute atomic E-state index is 5.84. The Bertz CT molecular complexity index is 301. The fourth-order valence-corrected chi connectivity index (χ4v) is 2.30. The van der Waals surface area contributed by atoms with Gasteiger partial charge in [-0.3, -0.25) is 0 Å². The van der Waals surface area contributed by atoms with E-state index in [0.29, 0.717) is 0 Å². The van der Waals surface area contributed by atoms with Gasteiger partial charge in [0.2, 0.25) is 0 Å². The van der Waals surface area contributed by atoms with Crippen molar-refractivity contribution in [3.63, 3.8) is 0 Å². The number of fused-ring (bicyclic) bond motifs is 1. The van der Waals surface area contributed by atoms with E-state index in [1.807, 2.05) is 0 Å². The standard InChI is InChI=1S/C10H14NOP/c1-13(2)12-10-7-11-9-6-4-3-5-8(9)10/h3-6,10-11H,7H2,1-2H3. The van der Waals surface area contributed by atoms with Gasteiger partial charge in [0.05, 0.1) is 0 Å². The molecule has 0 aliphatic carbocycles. The zero-order valence-corrected chi connectivity index (χ0v) is 8.84. The molecule has 0 amide bonds. The van der Waals surface area contributed by atoms with E-state index in [-0.39, 0.29) is 14.3 Å². The van der Waals surface area contributed by atoms with Gasteiger partial charge >= 0.3 is 0 Å². The van der Waals surface area contributed by atoms with E-state index < -0.39 is 0 Å². The summed E-state index contributed by atoms with van der Waals surface area (Å²) in [5.41, 5.74) is 2.53. The highest BCUT2D eigenvalue weighted by atomic mass is 31.1. The van der Waals surface area contributed by atoms with Crippen molar-refractivity contribution in [2.75, 3.05) is 25.2 Å². The lowest BCUT2D eigenvalue weighted by Crippen LogP contribution is -2.03. The summed E-state index contributed by atoms with van der Waals surface area (Å²) in [6, 6.07) is 8.36. The lowest BCUT2D eigenvalue weighted by Gasteiger charge is -2.14. The number of benzene rings is 1. The molecule has 1 aromatic carbocycles. The Morgan fingerprint density at radius 3 is 2.92 bits per heavy atom. The second kappa shape index (κ2) is 3.65. The molecule has 0 saturated carbocycles. The van der Waals surface area contributed by atoms with Crippen LogP contribution in [0.4, 0.5) is 5.69 Å². The Kier molecular flexibility index (Phi) is 2.52. The fraction of sp³-hybridized carbons (Fsp3) is 0.400. The monoisotopic (exact) mass is 195 g/mol. The van der Waals surface area contributed by atoms with Gasteiger partial charge in [0, 0.05) is 25.9 Å². The number of para-hydroxylation sites is 1. The fourth-order valence-electron chi connectivity index (χ4n) is 1.60. The number of rotatable bonds is 2. The number of hydrogen-bond donors (Lipinski definition) is 1. The summed E-state index contributed by atoms with van der Waals surface area (Å²) in [6.07, 6.45) is 0.261. The van der Waals surface area contributed by atoms with Crippen LogP contribution in [0.2, 0.25) is 0 Å². The van der Waals surface area contributed by atoms with Gasteiger partial charge in [0.15, 0.2) is 0 Å². The van der Waals surface area contributed by atoms with E-state index >= 15 is 0 Å². The highest BCUT2D eigenvalue weighted by Crippen LogP contribution is 2.40. The van der Waals surface area contributed by atoms with Crippen molar-refractivity contribution in [1.29, 1.82) is 0 Å². The minimum Gasteiger partial charge on any atom is -0.382 e. The predicted molar refractivity (Wildman–Crippen MR) is 57.5 cm³/mol. The van der Waals surface area contributed by atoms with Gasteiger partial charge in [-0.2, -0.15) is 0 Å². The Hall–Kier alpha value is -0.590. The molecule has 0 spiro atoms. The highest BCUT2D eigenvalue weighted by Gasteiger charge is 2.22. The molecule has 1 atom stereocenters. The molecule has 2 rings (SSSR count). The second-order valence-electron chi connectivity index (χ2n) is 3.37. The summed E-state index contributed by atoms with van der Waals surface area (Å²) in [5.74, 6) is 0. The summed E-state index contributed by atoms with van der Waals surface area (Å²) in [5, 5.41) is 3.34. The molecule has 3 heteroatoms. The van der Waals surface area contributed by atoms with E-state index in [9.17, 15) is 0 Å². The Labute approximate surface area is 80.1 Å². The average Bonchev–Trinajstić information content (AvgIpc) is 2.48. The molecule has 1 heterocycles. The first-order chi connectivity index (χ1) is 6.27. The van der Waals surface area contributed by atoms with Crippen LogP contribution >= 0.6 is 8.15 Å². The van der Waals surface area contributed by atoms with Gasteiger partial charge in [0.25, 0.3) is 0 Å². The summed E-state index contributed by atoms with van der Waals surface area (Å²) in [4.78, 5) is 0. The molecule has 0 radical (unpaired) electrons. The molecule has 13 heavy (non-hydrogen) atoms. The number of hydrogen-bond acceptors (Lipinski definition) is 2. The van der Waals surface area contributed by atoms with Gasteiger partial charge in [-0.1, -0.05) is 18.2 Å². The van der Waals surface area contributed by atoms with Gasteiger partial charge < -0.3 is 9.84 Å². The molecule has 0 aromatic heterocycles. The van der Waals surface area contributed by atoms with Crippen molar-refractivity contribution < 1.29 is 4.52 Å². The SMILES string of the molecule is CP(C)OC1CNc2ccccc21. The zero-order chi connectivity index (χ0) is 9.26. The number of nitrogens with one attached hydrogen (secondary N) is 1. The summed E-state index contributed by atoms with van der Waals surface area (Å²) >= 11 is 0. The summed E-state index contributed by atoms with van der Waals surface area (Å²) in [7, 11) is -0.276. The predicted octanol–water partition coefficient (Wildman–Crippen LogP) is 2.83. The summed E-state index contributed by atoms with van der Waals surface area (Å²) in [6.45, 7) is 5.19. The minimum atomic E-state index is -0.276. The maximum atomic E-state index is 5.84. The largest absolute Gasteiger partial charge is 0.382 e. The van der Waals surface area contributed by atoms with E-state index in [2.05, 4.69) is 42.9 Å². The Morgan fingerprint density at radius 2 is 2.15 bits per heavy atom. The van der Waals surface area contributed by atoms with Crippen LogP contribution in [0.5, 0.6) is 0 Å². The van der Waals surface area contributed by atoms with Crippen LogP contribution in [0, 0.1) is 0 Å². The molecule has 1 N–H and O–H groups in total. The van der Waals surface area contributed by atoms with Crippen molar-refractivity contribution in [3.8, 4) is 0 Å². The van der Waals surface area contributed by atoms with Crippen LogP contribution in [-0.2, 0) is 4.52 Å². The molecule has 0 fully saturated rings. The van der Waals surface area contributed by atoms with Gasteiger partial charge in [-0.05, 0) is 19.4 Å². The van der Waals surface area contributed by atoms with Crippen LogP contribution in [0.1, 0.15) is 11.7 Å². The van der Waals surface area contributed by atoms with E-state index in [1.54, 1.807) is 0 Å². The van der Waals surface area contributed by atoms with E-state index in [4.69, 9.17) is 4.52 Å². The van der Waals surface area contributed by atoms with Crippen molar-refractivity contribution in [2.45, 2.75) is 6.10 Å². The first-order valence-electron chi connectivity index (χ1n) is 4.44. The van der Waals surface area contributed by atoms with Crippen LogP contribution in [0.15, 0.2) is 24.3 Å². The van der Waals surface area contributed by atoms with Gasteiger partial charge in [-0.15, -0.1) is 0 Å². The molecule has 1 unspecified atom stereocenters.